The Morgan fingerprint density at radius 2 is 2.00 bits per heavy atom. The lowest BCUT2D eigenvalue weighted by atomic mass is 10.2. The van der Waals surface area contributed by atoms with Crippen molar-refractivity contribution in [2.75, 3.05) is 6.26 Å². The summed E-state index contributed by atoms with van der Waals surface area (Å²) in [7, 11) is -3.31. The van der Waals surface area contributed by atoms with E-state index < -0.39 is 27.8 Å². The summed E-state index contributed by atoms with van der Waals surface area (Å²) in [5.74, 6) is -1.41. The van der Waals surface area contributed by atoms with E-state index in [9.17, 15) is 18.0 Å². The predicted molar refractivity (Wildman–Crippen MR) is 88.1 cm³/mol. The van der Waals surface area contributed by atoms with Gasteiger partial charge in [0.2, 0.25) is 5.91 Å². The normalized spacial score (nSPS) is 12.9. The number of hydrogen-bond acceptors (Lipinski definition) is 5. The summed E-state index contributed by atoms with van der Waals surface area (Å²) >= 11 is 0. The topological polar surface area (TPSA) is 118 Å². The molecule has 1 unspecified atom stereocenters. The van der Waals surface area contributed by atoms with Crippen molar-refractivity contribution in [3.8, 4) is 0 Å². The zero-order chi connectivity index (χ0) is 17.9. The number of amides is 1. The maximum absolute atomic E-state index is 12.2. The maximum Gasteiger partial charge on any atom is 0.305 e. The summed E-state index contributed by atoms with van der Waals surface area (Å²) in [5.41, 5.74) is 1.25. The third kappa shape index (κ3) is 4.79. The number of aromatic nitrogens is 2. The number of aliphatic carboxylic acids is 1. The molecular formula is C15H19N3O5S. The molecule has 1 aromatic heterocycles. The first kappa shape index (κ1) is 17.9. The Bertz CT molecular complexity index is 872. The highest BCUT2D eigenvalue weighted by molar-refractivity contribution is 7.89. The van der Waals surface area contributed by atoms with E-state index in [4.69, 9.17) is 5.11 Å². The van der Waals surface area contributed by atoms with Gasteiger partial charge in [-0.1, -0.05) is 12.1 Å². The van der Waals surface area contributed by atoms with Crippen LogP contribution < -0.4 is 5.32 Å². The molecule has 2 rings (SSSR count). The second-order valence-electron chi connectivity index (χ2n) is 5.74. The van der Waals surface area contributed by atoms with Crippen LogP contribution >= 0.6 is 0 Å². The van der Waals surface area contributed by atoms with Gasteiger partial charge in [0.1, 0.15) is 18.1 Å². The van der Waals surface area contributed by atoms with Gasteiger partial charge in [-0.25, -0.2) is 13.4 Å². The van der Waals surface area contributed by atoms with Crippen LogP contribution in [-0.2, 0) is 31.7 Å². The Morgan fingerprint density at radius 1 is 1.33 bits per heavy atom. The van der Waals surface area contributed by atoms with Gasteiger partial charge in [-0.15, -0.1) is 0 Å². The largest absolute Gasteiger partial charge is 0.481 e. The molecule has 0 saturated carbocycles. The van der Waals surface area contributed by atoms with Crippen LogP contribution in [0.3, 0.4) is 0 Å². The molecule has 0 aliphatic heterocycles. The SMILES string of the molecule is CC(CC(=O)O)NC(=O)Cn1c(CS(C)(=O)=O)nc2ccccc21. The van der Waals surface area contributed by atoms with Gasteiger partial charge in [-0.3, -0.25) is 9.59 Å². The molecular weight excluding hydrogens is 334 g/mol. The van der Waals surface area contributed by atoms with Crippen LogP contribution in [0.1, 0.15) is 19.2 Å². The first-order valence-corrected chi connectivity index (χ1v) is 9.35. The molecule has 9 heteroatoms. The van der Waals surface area contributed by atoms with Crippen molar-refractivity contribution in [2.24, 2.45) is 0 Å². The van der Waals surface area contributed by atoms with E-state index in [1.807, 2.05) is 0 Å². The Kier molecular flexibility index (Phi) is 5.23. The van der Waals surface area contributed by atoms with E-state index >= 15 is 0 Å². The highest BCUT2D eigenvalue weighted by atomic mass is 32.2. The molecule has 0 aliphatic rings. The molecule has 8 nitrogen and oxygen atoms in total. The molecule has 0 radical (unpaired) electrons. The van der Waals surface area contributed by atoms with Crippen molar-refractivity contribution in [2.45, 2.75) is 31.7 Å². The van der Waals surface area contributed by atoms with E-state index in [2.05, 4.69) is 10.3 Å². The number of benzene rings is 1. The fraction of sp³-hybridized carbons (Fsp3) is 0.400. The van der Waals surface area contributed by atoms with Gasteiger partial charge in [-0.05, 0) is 19.1 Å². The molecule has 130 valence electrons. The highest BCUT2D eigenvalue weighted by Crippen LogP contribution is 2.17. The summed E-state index contributed by atoms with van der Waals surface area (Å²) in [6.45, 7) is 1.46. The van der Waals surface area contributed by atoms with E-state index in [0.717, 1.165) is 6.26 Å². The van der Waals surface area contributed by atoms with Gasteiger partial charge in [0, 0.05) is 12.3 Å². The number of para-hydroxylation sites is 2. The summed E-state index contributed by atoms with van der Waals surface area (Å²) < 4.78 is 24.7. The quantitative estimate of drug-likeness (QED) is 0.751. The fourth-order valence-corrected chi connectivity index (χ4v) is 3.11. The second kappa shape index (κ2) is 7.00. The van der Waals surface area contributed by atoms with Crippen molar-refractivity contribution in [1.29, 1.82) is 0 Å². The van der Waals surface area contributed by atoms with Crippen LogP contribution in [0.5, 0.6) is 0 Å². The lowest BCUT2D eigenvalue weighted by Crippen LogP contribution is -2.36. The zero-order valence-electron chi connectivity index (χ0n) is 13.4. The number of carboxylic acids is 1. The van der Waals surface area contributed by atoms with Crippen LogP contribution in [0.15, 0.2) is 24.3 Å². The van der Waals surface area contributed by atoms with Gasteiger partial charge >= 0.3 is 5.97 Å². The minimum Gasteiger partial charge on any atom is -0.481 e. The molecule has 24 heavy (non-hydrogen) atoms. The summed E-state index contributed by atoms with van der Waals surface area (Å²) in [5, 5.41) is 11.3. The first-order chi connectivity index (χ1) is 11.2. The third-order valence-corrected chi connectivity index (χ3v) is 4.10. The number of fused-ring (bicyclic) bond motifs is 1. The number of nitrogens with one attached hydrogen (secondary N) is 1. The number of nitrogens with zero attached hydrogens (tertiary/aromatic N) is 2. The molecule has 0 saturated heterocycles. The molecule has 1 atom stereocenters. The van der Waals surface area contributed by atoms with Crippen LogP contribution in [0.4, 0.5) is 0 Å². The first-order valence-electron chi connectivity index (χ1n) is 7.29. The van der Waals surface area contributed by atoms with E-state index in [0.29, 0.717) is 11.0 Å². The number of carbonyl (C=O) groups excluding carboxylic acids is 1. The lowest BCUT2D eigenvalue weighted by Gasteiger charge is -2.13. The predicted octanol–water partition coefficient (Wildman–Crippen LogP) is 0.560. The molecule has 1 heterocycles. The number of hydrogen-bond donors (Lipinski definition) is 2. The molecule has 2 aromatic rings. The van der Waals surface area contributed by atoms with Crippen molar-refractivity contribution >= 4 is 32.7 Å². The van der Waals surface area contributed by atoms with E-state index in [1.165, 1.54) is 0 Å². The molecule has 2 N–H and O–H groups in total. The van der Waals surface area contributed by atoms with Crippen LogP contribution in [-0.4, -0.2) is 47.2 Å². The number of sulfone groups is 1. The van der Waals surface area contributed by atoms with Gasteiger partial charge < -0.3 is 15.0 Å². The van der Waals surface area contributed by atoms with Gasteiger partial charge in [0.05, 0.1) is 17.5 Å². The second-order valence-corrected chi connectivity index (χ2v) is 7.88. The zero-order valence-corrected chi connectivity index (χ0v) is 14.2. The summed E-state index contributed by atoms with van der Waals surface area (Å²) in [6.07, 6.45) is 0.915. The molecule has 0 bridgehead atoms. The van der Waals surface area contributed by atoms with Crippen LogP contribution in [0.25, 0.3) is 11.0 Å². The van der Waals surface area contributed by atoms with Crippen LogP contribution in [0, 0.1) is 0 Å². The van der Waals surface area contributed by atoms with Crippen molar-refractivity contribution in [3.63, 3.8) is 0 Å². The number of rotatable bonds is 7. The third-order valence-electron chi connectivity index (χ3n) is 3.31. The van der Waals surface area contributed by atoms with Crippen molar-refractivity contribution < 1.29 is 23.1 Å². The maximum atomic E-state index is 12.2. The summed E-state index contributed by atoms with van der Waals surface area (Å²) in [6, 6.07) is 6.52. The average molecular weight is 353 g/mol. The van der Waals surface area contributed by atoms with Gasteiger partial charge in [-0.2, -0.15) is 0 Å². The average Bonchev–Trinajstić information content (AvgIpc) is 2.73. The molecule has 1 aromatic carbocycles. The molecule has 0 aliphatic carbocycles. The van der Waals surface area contributed by atoms with E-state index in [-0.39, 0.29) is 24.5 Å². The van der Waals surface area contributed by atoms with Gasteiger partial charge in [0.15, 0.2) is 9.84 Å². The van der Waals surface area contributed by atoms with E-state index in [1.54, 1.807) is 35.8 Å². The number of carboxylic acid groups (broad SMARTS) is 1. The highest BCUT2D eigenvalue weighted by Gasteiger charge is 2.18. The van der Waals surface area contributed by atoms with Crippen molar-refractivity contribution in [3.05, 3.63) is 30.1 Å². The standard InChI is InChI=1S/C15H19N3O5S/c1-10(7-15(20)21)16-14(19)8-18-12-6-4-3-5-11(12)17-13(18)9-24(2,22)23/h3-6,10H,7-9H2,1-2H3,(H,16,19)(H,20,21). The summed E-state index contributed by atoms with van der Waals surface area (Å²) in [4.78, 5) is 27.1. The Balaban J connectivity index is 2.27. The minimum absolute atomic E-state index is 0.130. The molecule has 0 fully saturated rings. The Hall–Kier alpha value is -2.42. The molecule has 1 amide bonds. The monoisotopic (exact) mass is 353 g/mol. The Labute approximate surface area is 139 Å². The number of imidazole rings is 1. The van der Waals surface area contributed by atoms with Crippen LogP contribution in [0.2, 0.25) is 0 Å². The minimum atomic E-state index is -3.31. The molecule has 0 spiro atoms. The fourth-order valence-electron chi connectivity index (χ4n) is 2.42. The lowest BCUT2D eigenvalue weighted by molar-refractivity contribution is -0.137. The smallest absolute Gasteiger partial charge is 0.305 e. The van der Waals surface area contributed by atoms with Gasteiger partial charge in [0.25, 0.3) is 0 Å². The number of carbonyl (C=O) groups is 2. The van der Waals surface area contributed by atoms with Crippen molar-refractivity contribution in [1.82, 2.24) is 14.9 Å². The Morgan fingerprint density at radius 3 is 2.62 bits per heavy atom.